The lowest BCUT2D eigenvalue weighted by atomic mass is 10.1. The van der Waals surface area contributed by atoms with Crippen molar-refractivity contribution in [3.05, 3.63) is 43.0 Å². The number of halogens is 2. The Kier molecular flexibility index (Phi) is 9.34. The molecular weight excluding hydrogens is 663 g/mol. The van der Waals surface area contributed by atoms with Gasteiger partial charge >= 0.3 is 28.9 Å². The fraction of sp³-hybridized carbons (Fsp3) is 0.636. The molecule has 2 rings (SSSR count). The van der Waals surface area contributed by atoms with Gasteiger partial charge < -0.3 is 24.3 Å². The predicted octanol–water partition coefficient (Wildman–Crippen LogP) is 1.64. The van der Waals surface area contributed by atoms with Gasteiger partial charge in [0.2, 0.25) is 0 Å². The summed E-state index contributed by atoms with van der Waals surface area (Å²) in [6.07, 6.45) is -1.26. The van der Waals surface area contributed by atoms with Gasteiger partial charge in [0.05, 0.1) is 18.8 Å². The van der Waals surface area contributed by atoms with E-state index in [2.05, 4.69) is 60.2 Å². The fourth-order valence-corrected chi connectivity index (χ4v) is 6.36. The van der Waals surface area contributed by atoms with Crippen LogP contribution >= 0.6 is 55.1 Å². The van der Waals surface area contributed by atoms with Crippen LogP contribution in [0.15, 0.2) is 20.9 Å². The van der Waals surface area contributed by atoms with E-state index in [1.807, 2.05) is 0 Å². The maximum Gasteiger partial charge on any atom is 0.483 e. The highest BCUT2D eigenvalue weighted by atomic mass is 79.9. The molecule has 192 valence electrons. The van der Waals surface area contributed by atoms with E-state index in [0.717, 1.165) is 4.57 Å². The van der Waals surface area contributed by atoms with Crippen molar-refractivity contribution in [3.8, 4) is 0 Å². The second-order valence-corrected chi connectivity index (χ2v) is 15.8. The summed E-state index contributed by atoms with van der Waals surface area (Å²) in [7, 11) is -16.3. The summed E-state index contributed by atoms with van der Waals surface area (Å²) in [6.45, 7) is 0.558. The third-order valence-corrected chi connectivity index (χ3v) is 11.2. The van der Waals surface area contributed by atoms with Gasteiger partial charge in [0.25, 0.3) is 8.72 Å². The van der Waals surface area contributed by atoms with Gasteiger partial charge in [0.1, 0.15) is 6.23 Å². The zero-order valence-corrected chi connectivity index (χ0v) is 22.4. The van der Waals surface area contributed by atoms with Crippen LogP contribution in [0.4, 0.5) is 0 Å². The second kappa shape index (κ2) is 10.7. The molecule has 0 aromatic carbocycles. The smallest absolute Gasteiger partial charge is 0.352 e. The summed E-state index contributed by atoms with van der Waals surface area (Å²) in [4.78, 5) is 65.7. The van der Waals surface area contributed by atoms with E-state index < -0.39 is 62.6 Å². The number of phosphoric acid groups is 2. The Hall–Kier alpha value is -0.680. The summed E-state index contributed by atoms with van der Waals surface area (Å²) in [5.74, 6) is 0. The molecule has 0 spiro atoms. The minimum atomic E-state index is -5.62. The van der Waals surface area contributed by atoms with E-state index in [1.54, 1.807) is 0 Å². The lowest BCUT2D eigenvalue weighted by Gasteiger charge is -2.25. The molecule has 5 N–H and O–H groups in total. The molecule has 1 saturated heterocycles. The third kappa shape index (κ3) is 7.66. The Morgan fingerprint density at radius 2 is 1.91 bits per heavy atom. The van der Waals surface area contributed by atoms with Crippen LogP contribution in [0.2, 0.25) is 0 Å². The Morgan fingerprint density at radius 1 is 1.29 bits per heavy atom. The normalized spacial score (nSPS) is 24.7. The van der Waals surface area contributed by atoms with Gasteiger partial charge in [0.15, 0.2) is 0 Å². The molecule has 23 heteroatoms. The fourth-order valence-electron chi connectivity index (χ4n) is 2.55. The third-order valence-electron chi connectivity index (χ3n) is 4.03. The minimum Gasteiger partial charge on any atom is -0.352 e. The first-order valence-corrected chi connectivity index (χ1v) is 14.7. The number of phosphoric ester groups is 2. The van der Waals surface area contributed by atoms with Crippen LogP contribution in [0.5, 0.6) is 0 Å². The molecule has 34 heavy (non-hydrogen) atoms. The molecule has 1 fully saturated rings. The lowest BCUT2D eigenvalue weighted by molar-refractivity contribution is -0.0269. The summed E-state index contributed by atoms with van der Waals surface area (Å²) >= 11 is 4.60. The molecule has 0 saturated carbocycles. The molecule has 0 bridgehead atoms. The van der Waals surface area contributed by atoms with Gasteiger partial charge in [-0.1, -0.05) is 5.11 Å². The number of alkyl halides is 2. The molecule has 1 aliphatic heterocycles. The van der Waals surface area contributed by atoms with E-state index in [9.17, 15) is 33.1 Å². The first kappa shape index (κ1) is 29.5. The van der Waals surface area contributed by atoms with E-state index in [-0.39, 0.29) is 12.0 Å². The highest BCUT2D eigenvalue weighted by Crippen LogP contribution is 2.69. The molecule has 2 unspecified atom stereocenters. The molecule has 1 aromatic rings. The zero-order valence-electron chi connectivity index (χ0n) is 16.6. The molecule has 5 atom stereocenters. The highest BCUT2D eigenvalue weighted by molar-refractivity contribution is 9.27. The average Bonchev–Trinajstić information content (AvgIpc) is 3.03. The topological polar surface area (TPSA) is 273 Å². The van der Waals surface area contributed by atoms with Gasteiger partial charge in [-0.15, -0.1) is 0 Å². The number of H-pyrrole nitrogens is 1. The van der Waals surface area contributed by atoms with Crippen molar-refractivity contribution >= 4 is 55.1 Å². The minimum absolute atomic E-state index is 0.111. The molecule has 18 nitrogen and oxygen atoms in total. The first-order valence-electron chi connectivity index (χ1n) is 8.55. The average molecular weight is 679 g/mol. The Balaban J connectivity index is 2.13. The van der Waals surface area contributed by atoms with Crippen LogP contribution in [0, 0.1) is 6.92 Å². The van der Waals surface area contributed by atoms with Crippen molar-refractivity contribution in [1.29, 1.82) is 0 Å². The highest BCUT2D eigenvalue weighted by Gasteiger charge is 2.51. The van der Waals surface area contributed by atoms with E-state index in [1.165, 1.54) is 13.1 Å². The number of nitrogens with zero attached hydrogens (tertiary/aromatic N) is 4. The van der Waals surface area contributed by atoms with E-state index in [0.29, 0.717) is 0 Å². The number of ether oxygens (including phenoxy) is 1. The number of aromatic amines is 1. The quantitative estimate of drug-likeness (QED) is 0.0775. The number of hydrogen-bond donors (Lipinski definition) is 5. The van der Waals surface area contributed by atoms with Crippen LogP contribution in [0.3, 0.4) is 0 Å². The largest absolute Gasteiger partial charge is 0.483 e. The van der Waals surface area contributed by atoms with Crippen molar-refractivity contribution in [2.24, 2.45) is 5.11 Å². The predicted molar refractivity (Wildman–Crippen MR) is 118 cm³/mol. The van der Waals surface area contributed by atoms with Gasteiger partial charge in [-0.3, -0.25) is 23.4 Å². The monoisotopic (exact) mass is 677 g/mol. The van der Waals surface area contributed by atoms with Gasteiger partial charge in [-0.25, -0.2) is 18.4 Å². The van der Waals surface area contributed by atoms with Crippen molar-refractivity contribution in [1.82, 2.24) is 9.55 Å². The van der Waals surface area contributed by atoms with E-state index in [4.69, 9.17) is 20.1 Å². The number of rotatable bonds is 10. The summed E-state index contributed by atoms with van der Waals surface area (Å²) in [6, 6.07) is -1.04. The van der Waals surface area contributed by atoms with E-state index >= 15 is 0 Å². The molecule has 0 amide bonds. The Morgan fingerprint density at radius 3 is 2.47 bits per heavy atom. The molecule has 2 heterocycles. The van der Waals surface area contributed by atoms with Crippen molar-refractivity contribution in [2.45, 2.75) is 34.9 Å². The number of azide groups is 1. The van der Waals surface area contributed by atoms with Crippen molar-refractivity contribution in [2.75, 3.05) is 6.61 Å². The maximum atomic E-state index is 12.1. The Labute approximate surface area is 205 Å². The standard InChI is InChI=1S/C11H16Br2N5O13P3/c1-5-3-18(10(20)15-9(5)19)8-2-6(16-17-14)7(29-8)4-28-33(24,25)31-34(26,27)30-11(12,13)32(21,22)23/h3,6-8H,2,4H2,1H3,(H,24,25)(H,26,27)(H,15,19,20)(H2,21,22,23)/t6-,7+,8+/m0/s1. The van der Waals surface area contributed by atoms with Gasteiger partial charge in [0, 0.05) is 23.1 Å². The first-order chi connectivity index (χ1) is 15.4. The molecule has 1 aliphatic rings. The summed E-state index contributed by atoms with van der Waals surface area (Å²) in [5, 5.41) is 3.45. The van der Waals surface area contributed by atoms with Crippen LogP contribution in [0.1, 0.15) is 18.2 Å². The van der Waals surface area contributed by atoms with Gasteiger partial charge in [-0.05, 0) is 44.3 Å². The van der Waals surface area contributed by atoms with Crippen molar-refractivity contribution in [3.63, 3.8) is 0 Å². The number of aromatic nitrogens is 2. The van der Waals surface area contributed by atoms with Crippen molar-refractivity contribution < 1.29 is 51.4 Å². The number of nitrogens with one attached hydrogen (secondary N) is 1. The van der Waals surface area contributed by atoms with Gasteiger partial charge in [-0.2, -0.15) is 4.31 Å². The molecule has 0 radical (unpaired) electrons. The summed E-state index contributed by atoms with van der Waals surface area (Å²) < 4.78 is 51.6. The van der Waals surface area contributed by atoms with Crippen LogP contribution in [0.25, 0.3) is 10.4 Å². The molecule has 1 aromatic heterocycles. The Bertz CT molecular complexity index is 1240. The van der Waals surface area contributed by atoms with Crippen LogP contribution in [-0.4, -0.2) is 51.0 Å². The number of aryl methyl sites for hydroxylation is 1. The lowest BCUT2D eigenvalue weighted by Crippen LogP contribution is -2.33. The second-order valence-electron chi connectivity index (χ2n) is 6.55. The molecular formula is C11H16Br2N5O13P3. The SMILES string of the molecule is Cc1cn([C@H]2C[C@H](N=[N+]=[N-])[C@@H](COP(=O)(O)OP(=O)(O)OC(Br)(Br)P(=O)(O)O)O2)c(=O)[nH]c1=O. The molecule has 0 aliphatic carbocycles. The summed E-state index contributed by atoms with van der Waals surface area (Å²) in [5.41, 5.74) is 7.45. The zero-order chi connectivity index (χ0) is 26.1. The maximum absolute atomic E-state index is 12.1. The number of hydrogen-bond acceptors (Lipinski definition) is 10. The van der Waals surface area contributed by atoms with Crippen LogP contribution < -0.4 is 11.2 Å². The van der Waals surface area contributed by atoms with Crippen LogP contribution in [-0.2, 0) is 31.8 Å².